The average molecular weight is 494 g/mol. The van der Waals surface area contributed by atoms with Gasteiger partial charge in [0.05, 0.1) is 23.2 Å². The first-order valence-electron chi connectivity index (χ1n) is 11.6. The highest BCUT2D eigenvalue weighted by Crippen LogP contribution is 2.33. The summed E-state index contributed by atoms with van der Waals surface area (Å²) in [7, 11) is -3.93. The number of nitrogens with one attached hydrogen (secondary N) is 1. The predicted octanol–water partition coefficient (Wildman–Crippen LogP) is 2.21. The molecule has 10 heteroatoms. The van der Waals surface area contributed by atoms with Crippen molar-refractivity contribution in [3.63, 3.8) is 0 Å². The van der Waals surface area contributed by atoms with E-state index in [2.05, 4.69) is 15.6 Å². The van der Waals surface area contributed by atoms with Gasteiger partial charge >= 0.3 is 0 Å². The fraction of sp³-hybridized carbons (Fsp3) is 0.320. The smallest absolute Gasteiger partial charge is 0.264 e. The van der Waals surface area contributed by atoms with Crippen LogP contribution in [0.15, 0.2) is 66.0 Å². The maximum Gasteiger partial charge on any atom is 0.264 e. The average Bonchev–Trinajstić information content (AvgIpc) is 3.33. The molecular weight excluding hydrogens is 466 g/mol. The molecule has 2 aliphatic rings. The van der Waals surface area contributed by atoms with Crippen LogP contribution < -0.4 is 5.32 Å². The van der Waals surface area contributed by atoms with Gasteiger partial charge in [0, 0.05) is 25.0 Å². The lowest BCUT2D eigenvalue weighted by molar-refractivity contribution is -0.124. The number of sulfonamides is 1. The highest BCUT2D eigenvalue weighted by molar-refractivity contribution is 7.89. The fourth-order valence-corrected chi connectivity index (χ4v) is 6.19. The number of nitrogens with zero attached hydrogens (tertiary/aromatic N) is 4. The molecule has 0 saturated carbocycles. The molecule has 1 amide bonds. The number of amides is 1. The third-order valence-corrected chi connectivity index (χ3v) is 8.40. The monoisotopic (exact) mass is 493 g/mol. The maximum absolute atomic E-state index is 13.3. The minimum atomic E-state index is -3.93. The number of rotatable bonds is 6. The summed E-state index contributed by atoms with van der Waals surface area (Å²) in [6, 6.07) is 11.5. The number of aliphatic hydroxyl groups excluding tert-OH is 1. The van der Waals surface area contributed by atoms with Crippen LogP contribution in [0.3, 0.4) is 0 Å². The number of carbonyl (C=O) groups is 1. The van der Waals surface area contributed by atoms with Crippen LogP contribution in [0.1, 0.15) is 46.8 Å². The summed E-state index contributed by atoms with van der Waals surface area (Å²) in [5.41, 5.74) is 4.70. The number of carbonyl (C=O) groups excluding carboxylic acids is 1. The summed E-state index contributed by atoms with van der Waals surface area (Å²) < 4.78 is 29.5. The zero-order valence-corrected chi connectivity index (χ0v) is 20.1. The Balaban J connectivity index is 1.41. The van der Waals surface area contributed by atoms with Crippen molar-refractivity contribution in [2.75, 3.05) is 0 Å². The molecule has 0 bridgehead atoms. The molecule has 2 N–H and O–H groups in total. The van der Waals surface area contributed by atoms with Crippen LogP contribution in [0.25, 0.3) is 0 Å². The van der Waals surface area contributed by atoms with E-state index in [1.54, 1.807) is 35.1 Å². The molecule has 2 aromatic carbocycles. The fourth-order valence-electron chi connectivity index (χ4n) is 4.74. The van der Waals surface area contributed by atoms with Gasteiger partial charge in [-0.25, -0.2) is 13.1 Å². The molecule has 35 heavy (non-hydrogen) atoms. The van der Waals surface area contributed by atoms with E-state index in [-0.39, 0.29) is 24.0 Å². The molecule has 0 saturated heterocycles. The SMILES string of the molecule is Cc1ccc(S(=O)(=O)N2C=CNC(=O)C2Cc2cn([C@@H]3CCCc4cc(CO)ccc43)nn2)cc1. The first-order chi connectivity index (χ1) is 16.9. The summed E-state index contributed by atoms with van der Waals surface area (Å²) in [4.78, 5) is 12.9. The number of benzene rings is 2. The minimum absolute atomic E-state index is 0.000199. The third-order valence-electron chi connectivity index (χ3n) is 6.61. The molecule has 182 valence electrons. The van der Waals surface area contributed by atoms with E-state index in [1.807, 2.05) is 25.1 Å². The molecule has 1 unspecified atom stereocenters. The molecule has 1 aliphatic heterocycles. The number of hydrogen-bond acceptors (Lipinski definition) is 6. The first-order valence-corrected chi connectivity index (χ1v) is 13.0. The van der Waals surface area contributed by atoms with Crippen molar-refractivity contribution >= 4 is 15.9 Å². The van der Waals surface area contributed by atoms with Crippen molar-refractivity contribution in [1.29, 1.82) is 0 Å². The van der Waals surface area contributed by atoms with Gasteiger partial charge in [0.2, 0.25) is 5.91 Å². The standard InChI is InChI=1S/C25H27N5O4S/c1-17-5-8-21(9-6-17)35(33,34)30-12-11-26-25(32)24(30)14-20-15-29(28-27-20)23-4-2-3-19-13-18(16-31)7-10-22(19)23/h5-13,15,23-24,31H,2-4,14,16H2,1H3,(H,26,32)/t23-,24?/m1/s1. The molecule has 1 aliphatic carbocycles. The van der Waals surface area contributed by atoms with Crippen LogP contribution in [-0.4, -0.2) is 44.8 Å². The Morgan fingerprint density at radius 1 is 1.17 bits per heavy atom. The van der Waals surface area contributed by atoms with Crippen LogP contribution in [0.5, 0.6) is 0 Å². The molecule has 9 nitrogen and oxygen atoms in total. The van der Waals surface area contributed by atoms with Gasteiger partial charge in [0.1, 0.15) is 6.04 Å². The Morgan fingerprint density at radius 2 is 1.97 bits per heavy atom. The highest BCUT2D eigenvalue weighted by atomic mass is 32.2. The molecule has 2 heterocycles. The number of aliphatic hydroxyl groups is 1. The lowest BCUT2D eigenvalue weighted by Gasteiger charge is -2.31. The van der Waals surface area contributed by atoms with Crippen molar-refractivity contribution < 1.29 is 18.3 Å². The second kappa shape index (κ2) is 9.27. The lowest BCUT2D eigenvalue weighted by atomic mass is 9.86. The van der Waals surface area contributed by atoms with Gasteiger partial charge in [-0.1, -0.05) is 41.1 Å². The Morgan fingerprint density at radius 3 is 2.74 bits per heavy atom. The van der Waals surface area contributed by atoms with Gasteiger partial charge in [0.15, 0.2) is 0 Å². The normalized spacial score (nSPS) is 19.9. The van der Waals surface area contributed by atoms with E-state index < -0.39 is 22.0 Å². The Hall–Kier alpha value is -3.50. The molecule has 3 aromatic rings. The summed E-state index contributed by atoms with van der Waals surface area (Å²) in [5.74, 6) is -0.419. The quantitative estimate of drug-likeness (QED) is 0.544. The lowest BCUT2D eigenvalue weighted by Crippen LogP contribution is -2.50. The van der Waals surface area contributed by atoms with Crippen LogP contribution in [0.4, 0.5) is 0 Å². The Bertz CT molecular complexity index is 1380. The molecule has 5 rings (SSSR count). The zero-order valence-electron chi connectivity index (χ0n) is 19.3. The van der Waals surface area contributed by atoms with Gasteiger partial charge in [-0.05, 0) is 55.0 Å². The summed E-state index contributed by atoms with van der Waals surface area (Å²) in [6.45, 7) is 1.89. The van der Waals surface area contributed by atoms with Crippen LogP contribution >= 0.6 is 0 Å². The van der Waals surface area contributed by atoms with Crippen molar-refractivity contribution in [3.8, 4) is 0 Å². The summed E-state index contributed by atoms with van der Waals surface area (Å²) in [5, 5.41) is 20.7. The van der Waals surface area contributed by atoms with Gasteiger partial charge in [0.25, 0.3) is 10.0 Å². The van der Waals surface area contributed by atoms with Crippen molar-refractivity contribution in [1.82, 2.24) is 24.6 Å². The van der Waals surface area contributed by atoms with Gasteiger partial charge in [-0.3, -0.25) is 9.10 Å². The van der Waals surface area contributed by atoms with Gasteiger partial charge in [-0.15, -0.1) is 5.10 Å². The number of aromatic nitrogens is 3. The van der Waals surface area contributed by atoms with E-state index in [1.165, 1.54) is 18.0 Å². The molecule has 2 atom stereocenters. The van der Waals surface area contributed by atoms with Gasteiger partial charge in [-0.2, -0.15) is 0 Å². The topological polar surface area (TPSA) is 117 Å². The second-order valence-electron chi connectivity index (χ2n) is 8.98. The number of aryl methyl sites for hydroxylation is 2. The zero-order chi connectivity index (χ0) is 24.6. The van der Waals surface area contributed by atoms with Gasteiger partial charge < -0.3 is 10.4 Å². The van der Waals surface area contributed by atoms with Crippen molar-refractivity contribution in [2.24, 2.45) is 0 Å². The predicted molar refractivity (Wildman–Crippen MR) is 128 cm³/mol. The van der Waals surface area contributed by atoms with Crippen molar-refractivity contribution in [2.45, 2.75) is 56.2 Å². The van der Waals surface area contributed by atoms with E-state index in [9.17, 15) is 18.3 Å². The first kappa shape index (κ1) is 23.3. The van der Waals surface area contributed by atoms with E-state index in [0.717, 1.165) is 40.3 Å². The summed E-state index contributed by atoms with van der Waals surface area (Å²) in [6.07, 6.45) is 7.42. The molecule has 0 radical (unpaired) electrons. The van der Waals surface area contributed by atoms with E-state index >= 15 is 0 Å². The Kier molecular flexibility index (Phi) is 6.16. The molecule has 0 fully saturated rings. The maximum atomic E-state index is 13.3. The minimum Gasteiger partial charge on any atom is -0.392 e. The number of fused-ring (bicyclic) bond motifs is 1. The second-order valence-corrected chi connectivity index (χ2v) is 10.8. The molecular formula is C25H27N5O4S. The van der Waals surface area contributed by atoms with Crippen LogP contribution in [0, 0.1) is 6.92 Å². The largest absolute Gasteiger partial charge is 0.392 e. The van der Waals surface area contributed by atoms with Crippen LogP contribution in [0.2, 0.25) is 0 Å². The van der Waals surface area contributed by atoms with E-state index in [0.29, 0.717) is 5.69 Å². The molecule has 1 aromatic heterocycles. The van der Waals surface area contributed by atoms with Crippen LogP contribution in [-0.2, 0) is 34.3 Å². The van der Waals surface area contributed by atoms with E-state index in [4.69, 9.17) is 0 Å². The Labute approximate surface area is 204 Å². The third kappa shape index (κ3) is 4.46. The van der Waals surface area contributed by atoms with Crippen molar-refractivity contribution in [3.05, 3.63) is 89.0 Å². The number of hydrogen-bond donors (Lipinski definition) is 2. The molecule has 0 spiro atoms. The summed E-state index contributed by atoms with van der Waals surface area (Å²) >= 11 is 0. The highest BCUT2D eigenvalue weighted by Gasteiger charge is 2.36.